The lowest BCUT2D eigenvalue weighted by molar-refractivity contribution is -0.138. The van der Waals surface area contributed by atoms with Gasteiger partial charge in [0.2, 0.25) is 0 Å². The van der Waals surface area contributed by atoms with Gasteiger partial charge in [0, 0.05) is 5.56 Å². The molecule has 0 aliphatic rings. The van der Waals surface area contributed by atoms with Gasteiger partial charge >= 0.3 is 5.97 Å². The summed E-state index contributed by atoms with van der Waals surface area (Å²) in [6, 6.07) is 11.4. The Balaban J connectivity index is 2.47. The third-order valence-electron chi connectivity index (χ3n) is 3.92. The quantitative estimate of drug-likeness (QED) is 0.882. The van der Waals surface area contributed by atoms with E-state index in [0.717, 1.165) is 16.7 Å². The largest absolute Gasteiger partial charge is 0.496 e. The molecule has 1 atom stereocenters. The highest BCUT2D eigenvalue weighted by molar-refractivity contribution is 5.78. The summed E-state index contributed by atoms with van der Waals surface area (Å²) in [7, 11) is 3.15. The van der Waals surface area contributed by atoms with E-state index in [1.165, 1.54) is 0 Å². The number of rotatable bonds is 6. The van der Waals surface area contributed by atoms with Gasteiger partial charge in [0.25, 0.3) is 0 Å². The molecule has 1 unspecified atom stereocenters. The summed E-state index contributed by atoms with van der Waals surface area (Å²) in [6.45, 7) is 3.92. The average Bonchev–Trinajstić information content (AvgIpc) is 2.52. The minimum Gasteiger partial charge on any atom is -0.496 e. The number of carboxylic acids is 1. The van der Waals surface area contributed by atoms with Gasteiger partial charge in [-0.15, -0.1) is 0 Å². The summed E-state index contributed by atoms with van der Waals surface area (Å²) in [6.07, 6.45) is 0.347. The molecule has 0 radical (unpaired) electrons. The fraction of sp³-hybridized carbons (Fsp3) is 0.316. The summed E-state index contributed by atoms with van der Waals surface area (Å²) in [5.41, 5.74) is 3.64. The smallest absolute Gasteiger partial charge is 0.311 e. The van der Waals surface area contributed by atoms with Gasteiger partial charge < -0.3 is 14.6 Å². The lowest BCUT2D eigenvalue weighted by Crippen LogP contribution is -2.16. The Morgan fingerprint density at radius 3 is 2.13 bits per heavy atom. The summed E-state index contributed by atoms with van der Waals surface area (Å²) in [5, 5.41) is 9.74. The zero-order valence-electron chi connectivity index (χ0n) is 13.9. The van der Waals surface area contributed by atoms with Crippen LogP contribution in [0.5, 0.6) is 11.5 Å². The summed E-state index contributed by atoms with van der Waals surface area (Å²) in [5.74, 6) is -0.277. The molecule has 2 rings (SSSR count). The molecule has 0 aliphatic heterocycles. The highest BCUT2D eigenvalue weighted by Crippen LogP contribution is 2.33. The number of aryl methyl sites for hydroxylation is 2. The lowest BCUT2D eigenvalue weighted by atomic mass is 9.89. The van der Waals surface area contributed by atoms with Crippen LogP contribution in [0.4, 0.5) is 0 Å². The van der Waals surface area contributed by atoms with Crippen LogP contribution in [0.1, 0.15) is 28.2 Å². The van der Waals surface area contributed by atoms with Crippen molar-refractivity contribution >= 4 is 5.97 Å². The van der Waals surface area contributed by atoms with Gasteiger partial charge in [0.1, 0.15) is 11.5 Å². The average molecular weight is 314 g/mol. The van der Waals surface area contributed by atoms with Crippen molar-refractivity contribution in [3.8, 4) is 11.5 Å². The molecule has 0 fully saturated rings. The van der Waals surface area contributed by atoms with Crippen LogP contribution in [0.25, 0.3) is 0 Å². The molecule has 0 aromatic heterocycles. The first-order chi connectivity index (χ1) is 11.0. The molecule has 4 heteroatoms. The van der Waals surface area contributed by atoms with Gasteiger partial charge in [-0.05, 0) is 38.0 Å². The maximum absolute atomic E-state index is 11.9. The zero-order chi connectivity index (χ0) is 17.0. The van der Waals surface area contributed by atoms with Crippen molar-refractivity contribution in [2.45, 2.75) is 26.2 Å². The van der Waals surface area contributed by atoms with Gasteiger partial charge in [0.05, 0.1) is 20.1 Å². The second kappa shape index (κ2) is 7.18. The third-order valence-corrected chi connectivity index (χ3v) is 3.92. The van der Waals surface area contributed by atoms with Crippen LogP contribution >= 0.6 is 0 Å². The molecule has 23 heavy (non-hydrogen) atoms. The molecular formula is C19H22O4. The van der Waals surface area contributed by atoms with Crippen molar-refractivity contribution in [2.75, 3.05) is 14.2 Å². The number of ether oxygens (including phenoxy) is 2. The van der Waals surface area contributed by atoms with E-state index in [1.54, 1.807) is 14.2 Å². The third kappa shape index (κ3) is 3.83. The Kier molecular flexibility index (Phi) is 5.27. The minimum atomic E-state index is -0.877. The van der Waals surface area contributed by atoms with Crippen LogP contribution in [0, 0.1) is 13.8 Å². The maximum atomic E-state index is 11.9. The van der Waals surface area contributed by atoms with E-state index in [4.69, 9.17) is 9.47 Å². The molecule has 2 aromatic carbocycles. The van der Waals surface area contributed by atoms with Crippen molar-refractivity contribution in [3.05, 3.63) is 58.7 Å². The first-order valence-corrected chi connectivity index (χ1v) is 7.47. The van der Waals surface area contributed by atoms with Gasteiger partial charge in [-0.2, -0.15) is 0 Å². The van der Waals surface area contributed by atoms with E-state index in [9.17, 15) is 9.90 Å². The van der Waals surface area contributed by atoms with E-state index >= 15 is 0 Å². The summed E-state index contributed by atoms with van der Waals surface area (Å²) in [4.78, 5) is 11.9. The van der Waals surface area contributed by atoms with Crippen LogP contribution < -0.4 is 9.47 Å². The summed E-state index contributed by atoms with van der Waals surface area (Å²) < 4.78 is 10.7. The van der Waals surface area contributed by atoms with E-state index < -0.39 is 11.9 Å². The Morgan fingerprint density at radius 1 is 1.00 bits per heavy atom. The van der Waals surface area contributed by atoms with Crippen LogP contribution in [0.2, 0.25) is 0 Å². The SMILES string of the molecule is COc1ccc(C)cc1CC(C(=O)O)c1cc(C)ccc1OC. The van der Waals surface area contributed by atoms with Crippen molar-refractivity contribution in [1.82, 2.24) is 0 Å². The molecule has 0 spiro atoms. The number of carbonyl (C=O) groups is 1. The predicted octanol–water partition coefficient (Wildman–Crippen LogP) is 3.73. The van der Waals surface area contributed by atoms with E-state index in [0.29, 0.717) is 23.5 Å². The lowest BCUT2D eigenvalue weighted by Gasteiger charge is -2.18. The normalized spacial score (nSPS) is 11.8. The van der Waals surface area contributed by atoms with Crippen molar-refractivity contribution in [2.24, 2.45) is 0 Å². The monoisotopic (exact) mass is 314 g/mol. The number of hydrogen-bond donors (Lipinski definition) is 1. The van der Waals surface area contributed by atoms with Crippen molar-refractivity contribution in [3.63, 3.8) is 0 Å². The van der Waals surface area contributed by atoms with Gasteiger partial charge in [-0.3, -0.25) is 4.79 Å². The second-order valence-electron chi connectivity index (χ2n) is 5.66. The molecule has 0 bridgehead atoms. The number of methoxy groups -OCH3 is 2. The maximum Gasteiger partial charge on any atom is 0.311 e. The predicted molar refractivity (Wildman–Crippen MR) is 89.5 cm³/mol. The van der Waals surface area contributed by atoms with E-state index in [2.05, 4.69) is 0 Å². The molecule has 4 nitrogen and oxygen atoms in total. The Morgan fingerprint density at radius 2 is 1.57 bits per heavy atom. The molecule has 122 valence electrons. The molecule has 0 amide bonds. The first kappa shape index (κ1) is 16.9. The zero-order valence-corrected chi connectivity index (χ0v) is 13.9. The van der Waals surface area contributed by atoms with Crippen LogP contribution in [-0.2, 0) is 11.2 Å². The number of benzene rings is 2. The Hall–Kier alpha value is -2.49. The Labute approximate surface area is 136 Å². The standard InChI is InChI=1S/C19H22O4/c1-12-5-7-17(22-3)14(9-12)11-16(19(20)21)15-10-13(2)6-8-18(15)23-4/h5-10,16H,11H2,1-4H3,(H,20,21). The topological polar surface area (TPSA) is 55.8 Å². The number of hydrogen-bond acceptors (Lipinski definition) is 3. The fourth-order valence-electron chi connectivity index (χ4n) is 2.74. The van der Waals surface area contributed by atoms with Crippen LogP contribution in [0.3, 0.4) is 0 Å². The Bertz CT molecular complexity index is 707. The van der Waals surface area contributed by atoms with Crippen molar-refractivity contribution < 1.29 is 19.4 Å². The number of aliphatic carboxylic acids is 1. The molecule has 0 saturated carbocycles. The highest BCUT2D eigenvalue weighted by Gasteiger charge is 2.25. The van der Waals surface area contributed by atoms with Gasteiger partial charge in [-0.1, -0.05) is 35.4 Å². The minimum absolute atomic E-state index is 0.347. The number of carboxylic acid groups (broad SMARTS) is 1. The highest BCUT2D eigenvalue weighted by atomic mass is 16.5. The van der Waals surface area contributed by atoms with Crippen LogP contribution in [-0.4, -0.2) is 25.3 Å². The van der Waals surface area contributed by atoms with Gasteiger partial charge in [0.15, 0.2) is 0 Å². The molecule has 0 aliphatic carbocycles. The summed E-state index contributed by atoms with van der Waals surface area (Å²) >= 11 is 0. The first-order valence-electron chi connectivity index (χ1n) is 7.47. The van der Waals surface area contributed by atoms with Crippen molar-refractivity contribution in [1.29, 1.82) is 0 Å². The van der Waals surface area contributed by atoms with Gasteiger partial charge in [-0.25, -0.2) is 0 Å². The molecule has 1 N–H and O–H groups in total. The molecule has 2 aromatic rings. The van der Waals surface area contributed by atoms with Crippen LogP contribution in [0.15, 0.2) is 36.4 Å². The van der Waals surface area contributed by atoms with E-state index in [1.807, 2.05) is 50.2 Å². The van der Waals surface area contributed by atoms with E-state index in [-0.39, 0.29) is 0 Å². The molecule has 0 saturated heterocycles. The second-order valence-corrected chi connectivity index (χ2v) is 5.66. The molecular weight excluding hydrogens is 292 g/mol. The molecule has 0 heterocycles. The fourth-order valence-corrected chi connectivity index (χ4v) is 2.74.